The van der Waals surface area contributed by atoms with Crippen molar-refractivity contribution in [2.45, 2.75) is 13.3 Å². The van der Waals surface area contributed by atoms with Gasteiger partial charge in [-0.25, -0.2) is 14.8 Å². The van der Waals surface area contributed by atoms with Crippen molar-refractivity contribution in [3.05, 3.63) is 71.0 Å². The number of benzene rings is 1. The molecule has 0 radical (unpaired) electrons. The molecule has 0 saturated carbocycles. The van der Waals surface area contributed by atoms with E-state index in [9.17, 15) is 4.79 Å². The molecule has 2 amide bonds. The van der Waals surface area contributed by atoms with Crippen molar-refractivity contribution in [1.29, 1.82) is 0 Å². The van der Waals surface area contributed by atoms with E-state index in [1.54, 1.807) is 19.4 Å². The maximum atomic E-state index is 11.6. The highest BCUT2D eigenvalue weighted by Gasteiger charge is 2.10. The van der Waals surface area contributed by atoms with Crippen LogP contribution in [0.2, 0.25) is 5.02 Å². The predicted molar refractivity (Wildman–Crippen MR) is 111 cm³/mol. The fourth-order valence-corrected chi connectivity index (χ4v) is 2.92. The second kappa shape index (κ2) is 9.19. The first-order valence-corrected chi connectivity index (χ1v) is 9.26. The number of carbonyl (C=O) groups is 1. The summed E-state index contributed by atoms with van der Waals surface area (Å²) in [4.78, 5) is 20.6. The van der Waals surface area contributed by atoms with E-state index in [0.717, 1.165) is 22.5 Å². The van der Waals surface area contributed by atoms with Gasteiger partial charge in [0.15, 0.2) is 0 Å². The number of nitrogens with zero attached hydrogens (tertiary/aromatic N) is 2. The third-order valence-corrected chi connectivity index (χ3v) is 4.26. The quantitative estimate of drug-likeness (QED) is 0.641. The third-order valence-electron chi connectivity index (χ3n) is 4.02. The number of ether oxygens (including phenoxy) is 1. The number of methoxy groups -OCH3 is 1. The fraction of sp³-hybridized carbons (Fsp3) is 0.190. The lowest BCUT2D eigenvalue weighted by molar-refractivity contribution is 0.252. The molecule has 2 N–H and O–H groups in total. The molecule has 1 aromatic carbocycles. The molecular weight excluding hydrogens is 376 g/mol. The van der Waals surface area contributed by atoms with Crippen LogP contribution in [0.4, 0.5) is 10.6 Å². The standard InChI is InChI=1S/C21H21ClN4O2/c1-3-23-21(27)26-19-10-7-14(13-24-19)11-17-8-9-18(28-2)20(25-17)15-5-4-6-16(22)12-15/h4-10,12-13H,3,11H2,1-2H3,(H2,23,24,26,27). The molecule has 3 rings (SSSR count). The van der Waals surface area contributed by atoms with Crippen molar-refractivity contribution in [3.8, 4) is 17.0 Å². The largest absolute Gasteiger partial charge is 0.494 e. The summed E-state index contributed by atoms with van der Waals surface area (Å²) >= 11 is 6.12. The lowest BCUT2D eigenvalue weighted by Gasteiger charge is -2.11. The molecule has 28 heavy (non-hydrogen) atoms. The van der Waals surface area contributed by atoms with Gasteiger partial charge in [-0.05, 0) is 42.8 Å². The van der Waals surface area contributed by atoms with Gasteiger partial charge in [0.1, 0.15) is 17.3 Å². The highest BCUT2D eigenvalue weighted by molar-refractivity contribution is 6.30. The molecule has 6 nitrogen and oxygen atoms in total. The van der Waals surface area contributed by atoms with Crippen LogP contribution in [-0.2, 0) is 6.42 Å². The van der Waals surface area contributed by atoms with Crippen molar-refractivity contribution >= 4 is 23.4 Å². The van der Waals surface area contributed by atoms with Crippen LogP contribution in [0.1, 0.15) is 18.2 Å². The van der Waals surface area contributed by atoms with E-state index in [0.29, 0.717) is 29.6 Å². The number of hydrogen-bond acceptors (Lipinski definition) is 4. The summed E-state index contributed by atoms with van der Waals surface area (Å²) < 4.78 is 5.45. The van der Waals surface area contributed by atoms with Crippen molar-refractivity contribution in [1.82, 2.24) is 15.3 Å². The monoisotopic (exact) mass is 396 g/mol. The van der Waals surface area contributed by atoms with Crippen LogP contribution in [0, 0.1) is 0 Å². The van der Waals surface area contributed by atoms with Crippen LogP contribution >= 0.6 is 11.6 Å². The van der Waals surface area contributed by atoms with Crippen molar-refractivity contribution < 1.29 is 9.53 Å². The van der Waals surface area contributed by atoms with E-state index in [1.165, 1.54) is 0 Å². The number of rotatable bonds is 6. The first kappa shape index (κ1) is 19.6. The highest BCUT2D eigenvalue weighted by atomic mass is 35.5. The molecule has 144 valence electrons. The molecule has 0 bridgehead atoms. The average molecular weight is 397 g/mol. The summed E-state index contributed by atoms with van der Waals surface area (Å²) in [5.74, 6) is 1.18. The molecule has 0 aliphatic rings. The van der Waals surface area contributed by atoms with E-state index in [2.05, 4.69) is 15.6 Å². The minimum absolute atomic E-state index is 0.272. The smallest absolute Gasteiger partial charge is 0.320 e. The van der Waals surface area contributed by atoms with Crippen LogP contribution in [0.25, 0.3) is 11.3 Å². The first-order chi connectivity index (χ1) is 13.6. The van der Waals surface area contributed by atoms with Gasteiger partial charge in [0, 0.05) is 35.4 Å². The second-order valence-corrected chi connectivity index (χ2v) is 6.51. The van der Waals surface area contributed by atoms with Gasteiger partial charge in [-0.2, -0.15) is 0 Å². The zero-order chi connectivity index (χ0) is 19.9. The van der Waals surface area contributed by atoms with Gasteiger partial charge < -0.3 is 10.1 Å². The maximum absolute atomic E-state index is 11.6. The summed E-state index contributed by atoms with van der Waals surface area (Å²) in [6, 6.07) is 14.8. The molecule has 2 heterocycles. The van der Waals surface area contributed by atoms with Crippen LogP contribution in [0.15, 0.2) is 54.7 Å². The van der Waals surface area contributed by atoms with Crippen LogP contribution in [-0.4, -0.2) is 29.7 Å². The maximum Gasteiger partial charge on any atom is 0.320 e. The molecule has 2 aromatic heterocycles. The summed E-state index contributed by atoms with van der Waals surface area (Å²) in [5.41, 5.74) is 3.49. The van der Waals surface area contributed by atoms with Gasteiger partial charge in [0.05, 0.1) is 7.11 Å². The molecule has 0 aliphatic carbocycles. The molecule has 0 fully saturated rings. The Hall–Kier alpha value is -3.12. The Morgan fingerprint density at radius 3 is 2.71 bits per heavy atom. The van der Waals surface area contributed by atoms with E-state index >= 15 is 0 Å². The van der Waals surface area contributed by atoms with Crippen LogP contribution in [0.5, 0.6) is 5.75 Å². The van der Waals surface area contributed by atoms with Gasteiger partial charge >= 0.3 is 6.03 Å². The lowest BCUT2D eigenvalue weighted by atomic mass is 10.1. The zero-order valence-electron chi connectivity index (χ0n) is 15.7. The van der Waals surface area contributed by atoms with E-state index in [-0.39, 0.29) is 6.03 Å². The molecule has 7 heteroatoms. The molecule has 0 spiro atoms. The Morgan fingerprint density at radius 2 is 2.04 bits per heavy atom. The first-order valence-electron chi connectivity index (χ1n) is 8.88. The van der Waals surface area contributed by atoms with Gasteiger partial charge in [0.25, 0.3) is 0 Å². The highest BCUT2D eigenvalue weighted by Crippen LogP contribution is 2.30. The van der Waals surface area contributed by atoms with E-state index in [1.807, 2.05) is 49.4 Å². The van der Waals surface area contributed by atoms with Gasteiger partial charge in [-0.15, -0.1) is 0 Å². The van der Waals surface area contributed by atoms with E-state index in [4.69, 9.17) is 21.3 Å². The number of hydrogen-bond donors (Lipinski definition) is 2. The predicted octanol–water partition coefficient (Wildman–Crippen LogP) is 4.54. The van der Waals surface area contributed by atoms with Crippen molar-refractivity contribution in [2.75, 3.05) is 19.0 Å². The molecule has 0 aliphatic heterocycles. The van der Waals surface area contributed by atoms with Crippen molar-refractivity contribution in [3.63, 3.8) is 0 Å². The van der Waals surface area contributed by atoms with Crippen LogP contribution in [0.3, 0.4) is 0 Å². The fourth-order valence-electron chi connectivity index (χ4n) is 2.73. The van der Waals surface area contributed by atoms with E-state index < -0.39 is 0 Å². The second-order valence-electron chi connectivity index (χ2n) is 6.08. The van der Waals surface area contributed by atoms with Crippen molar-refractivity contribution in [2.24, 2.45) is 0 Å². The summed E-state index contributed by atoms with van der Waals surface area (Å²) in [6.07, 6.45) is 2.33. The summed E-state index contributed by atoms with van der Waals surface area (Å²) in [6.45, 7) is 2.41. The molecular formula is C21H21ClN4O2. The number of anilines is 1. The van der Waals surface area contributed by atoms with Crippen LogP contribution < -0.4 is 15.4 Å². The Kier molecular flexibility index (Phi) is 6.45. The number of aromatic nitrogens is 2. The molecule has 0 atom stereocenters. The van der Waals surface area contributed by atoms with Gasteiger partial charge in [0.2, 0.25) is 0 Å². The average Bonchev–Trinajstić information content (AvgIpc) is 2.69. The van der Waals surface area contributed by atoms with Gasteiger partial charge in [-0.3, -0.25) is 5.32 Å². The SMILES string of the molecule is CCNC(=O)Nc1ccc(Cc2ccc(OC)c(-c3cccc(Cl)c3)n2)cn1. The van der Waals surface area contributed by atoms with Gasteiger partial charge in [-0.1, -0.05) is 29.8 Å². The minimum atomic E-state index is -0.272. The zero-order valence-corrected chi connectivity index (χ0v) is 16.5. The Bertz CT molecular complexity index is 961. The minimum Gasteiger partial charge on any atom is -0.494 e. The number of amides is 2. The lowest BCUT2D eigenvalue weighted by Crippen LogP contribution is -2.28. The number of urea groups is 1. The Morgan fingerprint density at radius 1 is 1.18 bits per heavy atom. The number of pyridine rings is 2. The summed E-state index contributed by atoms with van der Waals surface area (Å²) in [5, 5.41) is 5.99. The number of halogens is 1. The molecule has 0 saturated heterocycles. The number of nitrogens with one attached hydrogen (secondary N) is 2. The summed E-state index contributed by atoms with van der Waals surface area (Å²) in [7, 11) is 1.62. The Labute approximate surface area is 168 Å². The topological polar surface area (TPSA) is 76.1 Å². The molecule has 3 aromatic rings. The molecule has 0 unspecified atom stereocenters. The Balaban J connectivity index is 1.79. The normalized spacial score (nSPS) is 10.4. The number of carbonyl (C=O) groups excluding carboxylic acids is 1. The third kappa shape index (κ3) is 4.98.